The highest BCUT2D eigenvalue weighted by Crippen LogP contribution is 2.43. The second-order valence-corrected chi connectivity index (χ2v) is 25.0. The number of carbonyl (C=O) groups excluding carboxylic acids is 1. The van der Waals surface area contributed by atoms with Gasteiger partial charge in [0.25, 0.3) is 0 Å². The van der Waals surface area contributed by atoms with Crippen molar-refractivity contribution >= 4 is 16.9 Å². The smallest absolute Gasteiger partial charge is 0.344 e. The number of ether oxygens (including phenoxy) is 16. The third kappa shape index (κ3) is 13.6. The fourth-order valence-electron chi connectivity index (χ4n) is 13.9. The number of nitrogens with one attached hydrogen (secondary N) is 1. The van der Waals surface area contributed by atoms with Crippen LogP contribution in [-0.2, 0) is 99.0 Å². The Morgan fingerprint density at radius 1 is 0.417 bits per heavy atom. The predicted octanol–water partition coefficient (Wildman–Crippen LogP) is -11.8. The molecule has 36 atom stereocenters. The first kappa shape index (κ1) is 74.0. The summed E-state index contributed by atoms with van der Waals surface area (Å²) in [6, 6.07) is 5.69. The van der Waals surface area contributed by atoms with Crippen LogP contribution in [0.15, 0.2) is 18.2 Å². The van der Waals surface area contributed by atoms with E-state index in [1.54, 1.807) is 6.92 Å². The van der Waals surface area contributed by atoms with Crippen LogP contribution in [-0.4, -0.2) is 381 Å². The van der Waals surface area contributed by atoms with Gasteiger partial charge in [-0.1, -0.05) is 32.0 Å². The van der Waals surface area contributed by atoms with E-state index in [1.165, 1.54) is 0 Å². The molecule has 22 aliphatic rings. The lowest BCUT2D eigenvalue weighted by Gasteiger charge is -2.50. The molecule has 0 amide bonds. The Kier molecular flexibility index (Phi) is 23.8. The number of aliphatic hydroxyl groups excluding tert-OH is 20. The Morgan fingerprint density at radius 2 is 0.698 bits per heavy atom. The van der Waals surface area contributed by atoms with Gasteiger partial charge < -0.3 is 183 Å². The van der Waals surface area contributed by atoms with Gasteiger partial charge in [-0.05, 0) is 30.4 Å². The van der Waals surface area contributed by atoms with Gasteiger partial charge in [0.2, 0.25) is 5.60 Å². The monoisotopic (exact) mass is 1390 g/mol. The Labute approximate surface area is 544 Å². The standard InChI is InChI=1S/C58H87NO37/c1-3-17-6-5-7-18-19-8-9-82-58(4-2,49(19)59-27(17)18)57(80)81-16-26-48-34(72)41(79)56(89-26)95-47-25(15-65)87-54(39(77)32(47)70)93-45-23(13-63)85-52(37(75)30(45)68)91-43-21(11-61)83-50(35(73)28(43)66)90-42-20(10-60)84-51(36(74)29(42)67)92-44-22(12-62)86-53(38(76)31(44)69)94-46-24(14-64)88-55(96-48)40(78)33(46)71/h5-7,20-26,28-48,50-56,59-79H,3-4,8-16H2,1-2H3/t20-,21-,22-,23-,24-,25-,26+,28-,29-,30-,31-,32-,33-,34+,35-,36-,37-,38-,39-,40-,41+,42-,43-,44-,45-,46-,47-,48+,50-,51-,52-,53-,54-,55-,56+,58+/m1/s1. The topological polar surface area (TPSA) is 585 Å². The van der Waals surface area contributed by atoms with Crippen molar-refractivity contribution in [1.82, 2.24) is 4.98 Å². The van der Waals surface area contributed by atoms with Crippen LogP contribution in [0.3, 0.4) is 0 Å². The maximum absolute atomic E-state index is 14.8. The highest BCUT2D eigenvalue weighted by atomic mass is 16.8. The fraction of sp³-hybridized carbons (Fsp3) is 0.845. The summed E-state index contributed by atoms with van der Waals surface area (Å²) < 4.78 is 94.1. The normalized spacial score (nSPS) is 49.0. The number of aliphatic hydroxyl groups is 20. The molecule has 0 saturated carbocycles. The third-order valence-corrected chi connectivity index (χ3v) is 19.3. The van der Waals surface area contributed by atoms with E-state index in [1.807, 2.05) is 25.1 Å². The molecule has 21 N–H and O–H groups in total. The number of aromatic amines is 1. The minimum absolute atomic E-state index is 0.00154. The van der Waals surface area contributed by atoms with E-state index in [2.05, 4.69) is 4.98 Å². The number of esters is 1. The van der Waals surface area contributed by atoms with Crippen LogP contribution in [0.4, 0.5) is 0 Å². The van der Waals surface area contributed by atoms with Crippen LogP contribution in [0, 0.1) is 0 Å². The van der Waals surface area contributed by atoms with E-state index in [9.17, 15) is 107 Å². The Balaban J connectivity index is 0.902. The average molecular weight is 1390 g/mol. The molecular formula is C58H87NO37. The van der Waals surface area contributed by atoms with Crippen LogP contribution >= 0.6 is 0 Å². The third-order valence-electron chi connectivity index (χ3n) is 19.3. The molecule has 546 valence electrons. The van der Waals surface area contributed by atoms with Crippen LogP contribution in [0.25, 0.3) is 10.9 Å². The van der Waals surface area contributed by atoms with Crippen molar-refractivity contribution in [2.24, 2.45) is 0 Å². The molecule has 96 heavy (non-hydrogen) atoms. The minimum atomic E-state index is -2.31. The Morgan fingerprint density at radius 3 is 0.969 bits per heavy atom. The van der Waals surface area contributed by atoms with Crippen LogP contribution in [0.2, 0.25) is 0 Å². The summed E-state index contributed by atoms with van der Waals surface area (Å²) in [5, 5.41) is 227. The van der Waals surface area contributed by atoms with Crippen LogP contribution in [0.5, 0.6) is 0 Å². The van der Waals surface area contributed by atoms with Crippen molar-refractivity contribution in [3.05, 3.63) is 35.0 Å². The van der Waals surface area contributed by atoms with E-state index in [0.717, 1.165) is 22.0 Å². The summed E-state index contributed by atoms with van der Waals surface area (Å²) in [6.45, 7) is -3.72. The number of benzene rings is 1. The number of aromatic nitrogens is 1. The van der Waals surface area contributed by atoms with E-state index in [-0.39, 0.29) is 13.0 Å². The van der Waals surface area contributed by atoms with Gasteiger partial charge in [-0.3, -0.25) is 0 Å². The first-order valence-corrected chi connectivity index (χ1v) is 31.7. The number of para-hydroxylation sites is 1. The molecule has 38 nitrogen and oxygen atoms in total. The summed E-state index contributed by atoms with van der Waals surface area (Å²) in [5.41, 5.74) is 1.08. The zero-order chi connectivity index (χ0) is 69.1. The first-order chi connectivity index (χ1) is 45.9. The Hall–Kier alpha value is -3.17. The summed E-state index contributed by atoms with van der Waals surface area (Å²) >= 11 is 0. The zero-order valence-electron chi connectivity index (χ0n) is 51.6. The quantitative estimate of drug-likeness (QED) is 0.0929. The lowest BCUT2D eigenvalue weighted by Crippen LogP contribution is -2.68. The molecule has 23 heterocycles. The number of carbonyl (C=O) groups is 1. The highest BCUT2D eigenvalue weighted by Gasteiger charge is 2.60. The molecule has 14 bridgehead atoms. The number of fused-ring (bicyclic) bond motifs is 3. The molecule has 1 aromatic heterocycles. The van der Waals surface area contributed by atoms with Crippen molar-refractivity contribution in [2.75, 3.05) is 52.9 Å². The minimum Gasteiger partial charge on any atom is -0.460 e. The molecule has 22 aliphatic heterocycles. The molecule has 2 aromatic rings. The highest BCUT2D eigenvalue weighted by molar-refractivity contribution is 5.91. The number of H-pyrrole nitrogens is 1. The van der Waals surface area contributed by atoms with Crippen molar-refractivity contribution < 1.29 is 183 Å². The van der Waals surface area contributed by atoms with E-state index in [0.29, 0.717) is 18.5 Å². The number of aryl methyl sites for hydroxylation is 1. The average Bonchev–Trinajstić information content (AvgIpc) is 1.55. The number of hydrogen-bond donors (Lipinski definition) is 21. The first-order valence-electron chi connectivity index (χ1n) is 31.7. The van der Waals surface area contributed by atoms with Gasteiger partial charge >= 0.3 is 5.97 Å². The van der Waals surface area contributed by atoms with Crippen molar-refractivity contribution in [2.45, 2.75) is 254 Å². The molecule has 0 radical (unpaired) electrons. The van der Waals surface area contributed by atoms with E-state index in [4.69, 9.17) is 75.8 Å². The molecule has 38 heteroatoms. The molecule has 21 saturated heterocycles. The van der Waals surface area contributed by atoms with Gasteiger partial charge in [-0.2, -0.15) is 0 Å². The molecular weight excluding hydrogens is 1300 g/mol. The molecule has 24 rings (SSSR count). The van der Waals surface area contributed by atoms with Crippen LogP contribution < -0.4 is 0 Å². The van der Waals surface area contributed by atoms with Gasteiger partial charge in [-0.15, -0.1) is 0 Å². The molecule has 1 aromatic carbocycles. The van der Waals surface area contributed by atoms with Gasteiger partial charge in [0.15, 0.2) is 44.0 Å². The van der Waals surface area contributed by atoms with Gasteiger partial charge in [-0.25, -0.2) is 4.79 Å². The van der Waals surface area contributed by atoms with Gasteiger partial charge in [0.05, 0.1) is 51.9 Å². The molecule has 0 unspecified atom stereocenters. The summed E-state index contributed by atoms with van der Waals surface area (Å²) in [7, 11) is 0. The predicted molar refractivity (Wildman–Crippen MR) is 302 cm³/mol. The fourth-order valence-corrected chi connectivity index (χ4v) is 13.9. The maximum Gasteiger partial charge on any atom is 0.344 e. The number of hydrogen-bond acceptors (Lipinski definition) is 37. The van der Waals surface area contributed by atoms with Gasteiger partial charge in [0, 0.05) is 10.9 Å². The molecule has 21 fully saturated rings. The van der Waals surface area contributed by atoms with Crippen LogP contribution in [0.1, 0.15) is 37.1 Å². The summed E-state index contributed by atoms with van der Waals surface area (Å²) in [5.74, 6) is -0.995. The van der Waals surface area contributed by atoms with Gasteiger partial charge in [0.1, 0.15) is 178 Å². The zero-order valence-corrected chi connectivity index (χ0v) is 51.6. The van der Waals surface area contributed by atoms with Crippen molar-refractivity contribution in [3.8, 4) is 0 Å². The van der Waals surface area contributed by atoms with E-state index >= 15 is 0 Å². The second-order valence-electron chi connectivity index (χ2n) is 25.0. The second kappa shape index (κ2) is 30.8. The lowest BCUT2D eigenvalue weighted by molar-refractivity contribution is -0.396. The maximum atomic E-state index is 14.8. The van der Waals surface area contributed by atoms with Crippen molar-refractivity contribution in [3.63, 3.8) is 0 Å². The lowest BCUT2D eigenvalue weighted by atomic mass is 9.89. The number of rotatable bonds is 11. The Bertz CT molecular complexity index is 2850. The summed E-state index contributed by atoms with van der Waals surface area (Å²) in [6.07, 6.45) is -71.3. The largest absolute Gasteiger partial charge is 0.460 e. The SMILES string of the molecule is CCc1cccc2c3c([nH]c12)[C@@](CC)(C(=O)OC[C@@H]1O[C@H]2O[C@H]4[C@H](O)[C@@H](O)[C@@H](O[C@H]5[C@H](O)[C@@H](O)[C@@H](O[C@H]6[C@H](O)[C@@H](O)[C@@H](O[C@H]7[C@H](O)[C@@H](O)[C@@H](O[C@H]8[C@H](O)[C@@H](O)[C@@H](O[C@H]9[C@H](O)[C@@H](O)[C@@H](O[C@@H]1[C@@H](O)[C@@H]2O)O[C@@H]9CO)O[C@@H]8CO)O[C@@H]7CO)O[C@@H]6CO)O[C@@H]5CO)O[C@@H]4CO)OCC3. The van der Waals surface area contributed by atoms with Crippen molar-refractivity contribution in [1.29, 1.82) is 0 Å². The molecule has 0 spiro atoms. The molecule has 0 aliphatic carbocycles. The van der Waals surface area contributed by atoms with E-state index < -0.39 is 273 Å². The summed E-state index contributed by atoms with van der Waals surface area (Å²) in [4.78, 5) is 18.1.